The van der Waals surface area contributed by atoms with E-state index >= 15 is 0 Å². The fraction of sp³-hybridized carbons (Fsp3) is 0.190. The van der Waals surface area contributed by atoms with E-state index in [4.69, 9.17) is 17.3 Å². The van der Waals surface area contributed by atoms with Gasteiger partial charge in [-0.25, -0.2) is 23.5 Å². The number of primary amides is 1. The number of aliphatic hydroxyl groups excluding tert-OH is 1. The highest BCUT2D eigenvalue weighted by molar-refractivity contribution is 6.30. The largest absolute Gasteiger partial charge is 0.416 e. The predicted octanol–water partition coefficient (Wildman–Crippen LogP) is 2.16. The van der Waals surface area contributed by atoms with E-state index in [1.54, 1.807) is 0 Å². The number of carbonyl (C=O) groups excluding carboxylic acids is 1. The van der Waals surface area contributed by atoms with Crippen LogP contribution in [-0.2, 0) is 13.1 Å². The smallest absolute Gasteiger partial charge is 0.382 e. The molecule has 1 amide bonds. The predicted molar refractivity (Wildman–Crippen MR) is 118 cm³/mol. The van der Waals surface area contributed by atoms with E-state index in [2.05, 4.69) is 15.2 Å². The van der Waals surface area contributed by atoms with E-state index in [-0.39, 0.29) is 22.9 Å². The summed E-state index contributed by atoms with van der Waals surface area (Å²) in [6.45, 7) is -1.64. The molecular weight excluding hydrogens is 510 g/mol. The van der Waals surface area contributed by atoms with Gasteiger partial charge in [-0.1, -0.05) is 23.7 Å². The summed E-state index contributed by atoms with van der Waals surface area (Å²) in [7, 11) is 0. The Labute approximate surface area is 204 Å². The molecule has 4 rings (SSSR count). The number of amides is 1. The molecule has 0 radical (unpaired) electrons. The van der Waals surface area contributed by atoms with Crippen LogP contribution in [0.3, 0.4) is 0 Å². The van der Waals surface area contributed by atoms with Crippen LogP contribution in [0.25, 0.3) is 17.1 Å². The summed E-state index contributed by atoms with van der Waals surface area (Å²) in [5, 5.41) is 18.0. The standard InChI is InChI=1S/C21H16ClF4N7O3/c22-12-7-5-11(6-8-12)18-30-32(20(36)31(18)9-15(34)21(24,25)26)10-16-28-19(17(27)35)33(29-16)14-4-2-1-3-13(14)23/h1-8,15,34H,9-10H2,(H2,27,35)/t15-/m0/s1. The van der Waals surface area contributed by atoms with Crippen LogP contribution in [0.4, 0.5) is 17.6 Å². The molecule has 0 spiro atoms. The highest BCUT2D eigenvalue weighted by atomic mass is 35.5. The van der Waals surface area contributed by atoms with E-state index in [1.807, 2.05) is 0 Å². The van der Waals surface area contributed by atoms with Crippen LogP contribution >= 0.6 is 11.6 Å². The van der Waals surface area contributed by atoms with Gasteiger partial charge < -0.3 is 10.8 Å². The average Bonchev–Trinajstić information content (AvgIpc) is 3.36. The van der Waals surface area contributed by atoms with Crippen LogP contribution in [0.5, 0.6) is 0 Å². The Bertz CT molecular complexity index is 1480. The molecule has 0 saturated carbocycles. The maximum Gasteiger partial charge on any atom is 0.416 e. The van der Waals surface area contributed by atoms with Crippen LogP contribution in [0.1, 0.15) is 16.4 Å². The number of nitrogens with zero attached hydrogens (tertiary/aromatic N) is 6. The van der Waals surface area contributed by atoms with E-state index in [9.17, 15) is 32.3 Å². The number of hydrogen-bond donors (Lipinski definition) is 2. The van der Waals surface area contributed by atoms with Gasteiger partial charge in [-0.2, -0.15) is 13.2 Å². The number of aliphatic hydroxyl groups is 1. The highest BCUT2D eigenvalue weighted by Crippen LogP contribution is 2.24. The Kier molecular flexibility index (Phi) is 6.65. The molecule has 36 heavy (non-hydrogen) atoms. The van der Waals surface area contributed by atoms with Crippen LogP contribution in [0.15, 0.2) is 53.3 Å². The van der Waals surface area contributed by atoms with Crippen molar-refractivity contribution >= 4 is 17.5 Å². The van der Waals surface area contributed by atoms with Gasteiger partial charge in [0.15, 0.2) is 17.8 Å². The molecule has 0 aliphatic carbocycles. The zero-order valence-electron chi connectivity index (χ0n) is 18.0. The molecule has 2 aromatic carbocycles. The molecule has 2 aromatic heterocycles. The first-order valence-electron chi connectivity index (χ1n) is 10.1. The van der Waals surface area contributed by atoms with Crippen molar-refractivity contribution in [3.8, 4) is 17.1 Å². The van der Waals surface area contributed by atoms with Gasteiger partial charge in [-0.3, -0.25) is 9.36 Å². The van der Waals surface area contributed by atoms with Gasteiger partial charge in [0.25, 0.3) is 5.91 Å². The molecule has 188 valence electrons. The van der Waals surface area contributed by atoms with Crippen molar-refractivity contribution in [3.05, 3.63) is 81.5 Å². The molecule has 3 N–H and O–H groups in total. The van der Waals surface area contributed by atoms with Crippen LogP contribution in [0, 0.1) is 5.82 Å². The number of nitrogens with two attached hydrogens (primary N) is 1. The quantitative estimate of drug-likeness (QED) is 0.355. The van der Waals surface area contributed by atoms with Crippen molar-refractivity contribution in [1.29, 1.82) is 0 Å². The fourth-order valence-electron chi connectivity index (χ4n) is 3.30. The number of rotatable bonds is 7. The fourth-order valence-corrected chi connectivity index (χ4v) is 3.43. The molecule has 15 heteroatoms. The second-order valence-corrected chi connectivity index (χ2v) is 7.95. The highest BCUT2D eigenvalue weighted by Gasteiger charge is 2.39. The number of alkyl halides is 3. The van der Waals surface area contributed by atoms with Crippen molar-refractivity contribution < 1.29 is 27.5 Å². The Morgan fingerprint density at radius 3 is 2.39 bits per heavy atom. The van der Waals surface area contributed by atoms with Crippen molar-refractivity contribution in [2.24, 2.45) is 5.73 Å². The number of hydrogen-bond acceptors (Lipinski definition) is 6. The first-order valence-corrected chi connectivity index (χ1v) is 10.5. The second-order valence-electron chi connectivity index (χ2n) is 7.52. The summed E-state index contributed by atoms with van der Waals surface area (Å²) < 4.78 is 55.6. The second kappa shape index (κ2) is 9.54. The van der Waals surface area contributed by atoms with E-state index in [0.29, 0.717) is 9.59 Å². The van der Waals surface area contributed by atoms with Crippen molar-refractivity contribution in [3.63, 3.8) is 0 Å². The Morgan fingerprint density at radius 2 is 1.78 bits per heavy atom. The third-order valence-corrected chi connectivity index (χ3v) is 5.25. The Hall–Kier alpha value is -4.04. The summed E-state index contributed by atoms with van der Waals surface area (Å²) >= 11 is 5.87. The van der Waals surface area contributed by atoms with E-state index < -0.39 is 48.6 Å². The van der Waals surface area contributed by atoms with Crippen LogP contribution in [0.2, 0.25) is 5.02 Å². The van der Waals surface area contributed by atoms with E-state index in [0.717, 1.165) is 15.4 Å². The first-order chi connectivity index (χ1) is 17.0. The van der Waals surface area contributed by atoms with Gasteiger partial charge in [0.05, 0.1) is 6.54 Å². The minimum Gasteiger partial charge on any atom is -0.382 e. The molecule has 2 heterocycles. The lowest BCUT2D eigenvalue weighted by molar-refractivity contribution is -0.207. The average molecular weight is 526 g/mol. The molecule has 0 aliphatic heterocycles. The normalized spacial score (nSPS) is 12.6. The molecule has 10 nitrogen and oxygen atoms in total. The third kappa shape index (κ3) is 4.99. The summed E-state index contributed by atoms with van der Waals surface area (Å²) in [5.41, 5.74) is 4.41. The molecule has 4 aromatic rings. The van der Waals surface area contributed by atoms with Crippen LogP contribution in [-0.4, -0.2) is 52.4 Å². The maximum atomic E-state index is 14.3. The van der Waals surface area contributed by atoms with Gasteiger partial charge in [-0.15, -0.1) is 10.2 Å². The molecule has 1 atom stereocenters. The zero-order valence-corrected chi connectivity index (χ0v) is 18.8. The number of para-hydroxylation sites is 1. The monoisotopic (exact) mass is 525 g/mol. The molecule has 0 aliphatic rings. The molecule has 0 saturated heterocycles. The van der Waals surface area contributed by atoms with Gasteiger partial charge in [0.2, 0.25) is 5.82 Å². The number of carbonyl (C=O) groups is 1. The van der Waals surface area contributed by atoms with Crippen molar-refractivity contribution in [2.45, 2.75) is 25.4 Å². The molecule has 0 unspecified atom stereocenters. The lowest BCUT2D eigenvalue weighted by Crippen LogP contribution is -2.37. The lowest BCUT2D eigenvalue weighted by Gasteiger charge is -2.15. The third-order valence-electron chi connectivity index (χ3n) is 5.00. The molecule has 0 fully saturated rings. The zero-order chi connectivity index (χ0) is 26.2. The van der Waals surface area contributed by atoms with Gasteiger partial charge in [0, 0.05) is 10.6 Å². The van der Waals surface area contributed by atoms with Crippen molar-refractivity contribution in [2.75, 3.05) is 0 Å². The molecule has 0 bridgehead atoms. The number of aromatic nitrogens is 6. The van der Waals surface area contributed by atoms with Crippen LogP contribution < -0.4 is 11.4 Å². The van der Waals surface area contributed by atoms with Crippen molar-refractivity contribution in [1.82, 2.24) is 29.1 Å². The topological polar surface area (TPSA) is 134 Å². The first kappa shape index (κ1) is 25.1. The van der Waals surface area contributed by atoms with Gasteiger partial charge in [-0.05, 0) is 36.4 Å². The number of benzene rings is 2. The Morgan fingerprint density at radius 1 is 1.11 bits per heavy atom. The van der Waals surface area contributed by atoms with Gasteiger partial charge in [0.1, 0.15) is 18.0 Å². The number of halogens is 5. The Balaban J connectivity index is 1.78. The van der Waals surface area contributed by atoms with Gasteiger partial charge >= 0.3 is 11.9 Å². The SMILES string of the molecule is NC(=O)c1nc(Cn2nc(-c3ccc(Cl)cc3)n(C[C@H](O)C(F)(F)F)c2=O)nn1-c1ccccc1F. The maximum absolute atomic E-state index is 14.3. The summed E-state index contributed by atoms with van der Waals surface area (Å²) in [6, 6.07) is 11.1. The lowest BCUT2D eigenvalue weighted by atomic mass is 10.2. The summed E-state index contributed by atoms with van der Waals surface area (Å²) in [5.74, 6) is -2.59. The summed E-state index contributed by atoms with van der Waals surface area (Å²) in [6.07, 6.45) is -7.84. The minimum absolute atomic E-state index is 0.141. The minimum atomic E-state index is -4.99. The van der Waals surface area contributed by atoms with E-state index in [1.165, 1.54) is 42.5 Å². The molecular formula is C21H16ClF4N7O3. The summed E-state index contributed by atoms with van der Waals surface area (Å²) in [4.78, 5) is 28.8.